The Labute approximate surface area is 207 Å². The second kappa shape index (κ2) is 13.7. The summed E-state index contributed by atoms with van der Waals surface area (Å²) in [7, 11) is 0. The molecule has 6 heteroatoms. The van der Waals surface area contributed by atoms with Gasteiger partial charge in [-0.05, 0) is 79.4 Å². The van der Waals surface area contributed by atoms with Gasteiger partial charge in [0, 0.05) is 12.2 Å². The van der Waals surface area contributed by atoms with Crippen LogP contribution in [0.5, 0.6) is 11.5 Å². The average Bonchev–Trinajstić information content (AvgIpc) is 2.75. The molecule has 0 amide bonds. The van der Waals surface area contributed by atoms with Gasteiger partial charge in [-0.2, -0.15) is 0 Å². The van der Waals surface area contributed by atoms with Gasteiger partial charge >= 0.3 is 0 Å². The van der Waals surface area contributed by atoms with Crippen molar-refractivity contribution in [2.24, 2.45) is 11.8 Å². The summed E-state index contributed by atoms with van der Waals surface area (Å²) in [6, 6.07) is 0. The second-order valence-corrected chi connectivity index (χ2v) is 10.3. The summed E-state index contributed by atoms with van der Waals surface area (Å²) in [6.07, 6.45) is -1.70. The fraction of sp³-hybridized carbons (Fsp3) is 0.786. The Morgan fingerprint density at radius 3 is 1.97 bits per heavy atom. The predicted molar refractivity (Wildman–Crippen MR) is 138 cm³/mol. The Kier molecular flexibility index (Phi) is 12.3. The van der Waals surface area contributed by atoms with E-state index in [-0.39, 0.29) is 24.0 Å². The highest BCUT2D eigenvalue weighted by Crippen LogP contribution is 2.57. The van der Waals surface area contributed by atoms with E-state index in [9.17, 15) is 20.4 Å². The Morgan fingerprint density at radius 1 is 0.912 bits per heavy atom. The lowest BCUT2D eigenvalue weighted by molar-refractivity contribution is -0.218. The van der Waals surface area contributed by atoms with E-state index in [1.54, 1.807) is 6.92 Å². The molecule has 1 aromatic carbocycles. The van der Waals surface area contributed by atoms with Crippen LogP contribution in [0, 0.1) is 18.8 Å². The minimum absolute atomic E-state index is 0.0964. The number of hydrogen-bond donors (Lipinski definition) is 4. The van der Waals surface area contributed by atoms with Gasteiger partial charge in [0.05, 0.1) is 0 Å². The lowest BCUT2D eigenvalue weighted by atomic mass is 9.62. The molecule has 34 heavy (non-hydrogen) atoms. The highest BCUT2D eigenvalue weighted by Gasteiger charge is 2.41. The minimum Gasteiger partial charge on any atom is -0.504 e. The van der Waals surface area contributed by atoms with Gasteiger partial charge in [0.25, 0.3) is 0 Å². The maximum Gasteiger partial charge on any atom is 0.231 e. The molecule has 0 saturated carbocycles. The molecule has 4 unspecified atom stereocenters. The first-order chi connectivity index (χ1) is 15.9. The number of phenols is 1. The normalized spacial score (nSPS) is 24.9. The second-order valence-electron chi connectivity index (χ2n) is 10.3. The molecule has 0 aliphatic heterocycles. The minimum atomic E-state index is -2.00. The number of aliphatic hydroxyl groups excluding tert-OH is 2. The molecule has 1 aromatic rings. The van der Waals surface area contributed by atoms with Crippen LogP contribution < -0.4 is 4.74 Å². The Balaban J connectivity index is 0.000000872. The first kappa shape index (κ1) is 30.7. The number of ether oxygens (including phenoxy) is 2. The van der Waals surface area contributed by atoms with Crippen LogP contribution in [0.1, 0.15) is 122 Å². The maximum atomic E-state index is 11.2. The van der Waals surface area contributed by atoms with Crippen molar-refractivity contribution in [2.45, 2.75) is 125 Å². The zero-order valence-corrected chi connectivity index (χ0v) is 23.1. The topological polar surface area (TPSA) is 99.4 Å². The summed E-state index contributed by atoms with van der Waals surface area (Å²) in [6.45, 7) is 21.0. The van der Waals surface area contributed by atoms with Crippen molar-refractivity contribution in [3.05, 3.63) is 22.3 Å². The molecule has 0 aromatic heterocycles. The summed E-state index contributed by atoms with van der Waals surface area (Å²) in [4.78, 5) is 0. The molecule has 2 aliphatic carbocycles. The zero-order valence-electron chi connectivity index (χ0n) is 23.1. The molecule has 198 valence electrons. The molecule has 0 spiro atoms. The highest BCUT2D eigenvalue weighted by molar-refractivity contribution is 5.63. The summed E-state index contributed by atoms with van der Waals surface area (Å²) in [5.41, 5.74) is 4.30. The summed E-state index contributed by atoms with van der Waals surface area (Å²) < 4.78 is 11.3. The van der Waals surface area contributed by atoms with E-state index >= 15 is 0 Å². The Hall–Kier alpha value is -1.34. The van der Waals surface area contributed by atoms with Crippen molar-refractivity contribution in [2.75, 3.05) is 6.61 Å². The molecule has 0 radical (unpaired) electrons. The van der Waals surface area contributed by atoms with Crippen LogP contribution >= 0.6 is 0 Å². The summed E-state index contributed by atoms with van der Waals surface area (Å²) >= 11 is 0. The van der Waals surface area contributed by atoms with Crippen molar-refractivity contribution in [1.82, 2.24) is 0 Å². The predicted octanol–water partition coefficient (Wildman–Crippen LogP) is 5.93. The SMILES string of the molecule is CC.CC(C)C.CCOC(Oc1c(C)c2c3c(c1O)[C@@H](C)CCC3[C@@H](C)CC2C)C(O)C(O)O. The largest absolute Gasteiger partial charge is 0.504 e. The van der Waals surface area contributed by atoms with Crippen molar-refractivity contribution in [3.63, 3.8) is 0 Å². The van der Waals surface area contributed by atoms with Crippen molar-refractivity contribution in [3.8, 4) is 11.5 Å². The van der Waals surface area contributed by atoms with Crippen LogP contribution in [0.25, 0.3) is 0 Å². The van der Waals surface area contributed by atoms with Gasteiger partial charge in [0.2, 0.25) is 6.29 Å². The van der Waals surface area contributed by atoms with E-state index in [1.165, 1.54) is 11.1 Å². The van der Waals surface area contributed by atoms with Gasteiger partial charge in [-0.25, -0.2) is 0 Å². The Morgan fingerprint density at radius 2 is 1.47 bits per heavy atom. The average molecular weight is 483 g/mol. The molecular weight excluding hydrogens is 432 g/mol. The van der Waals surface area contributed by atoms with Gasteiger partial charge in [0.15, 0.2) is 23.9 Å². The molecule has 0 heterocycles. The number of hydrogen-bond acceptors (Lipinski definition) is 6. The fourth-order valence-corrected chi connectivity index (χ4v) is 5.32. The van der Waals surface area contributed by atoms with Gasteiger partial charge in [-0.3, -0.25) is 0 Å². The standard InChI is InChI=1S/C22H34O6.C4H10.C2H6/c1-6-27-22(19(24)21(25)26)28-20-13(5)15-12(4)9-11(3)14-8-7-10(2)16(17(14)15)18(20)23;1-4(2)3;1-2/h10-12,14,19,21-26H,6-9H2,1-5H3;4H,1-3H3;1-2H3/t10-,11-,12?,14?,19?,22?;;/m0../s1. The zero-order chi connectivity index (χ0) is 26.3. The van der Waals surface area contributed by atoms with E-state index < -0.39 is 18.7 Å². The quantitative estimate of drug-likeness (QED) is 0.375. The maximum absolute atomic E-state index is 11.2. The monoisotopic (exact) mass is 482 g/mol. The van der Waals surface area contributed by atoms with Gasteiger partial charge in [-0.15, -0.1) is 0 Å². The number of rotatable bonds is 6. The van der Waals surface area contributed by atoms with Gasteiger partial charge in [-0.1, -0.05) is 55.4 Å². The van der Waals surface area contributed by atoms with Crippen LogP contribution in [0.15, 0.2) is 0 Å². The number of benzene rings is 1. The van der Waals surface area contributed by atoms with Crippen LogP contribution in [-0.2, 0) is 4.74 Å². The molecule has 0 bridgehead atoms. The summed E-state index contributed by atoms with van der Waals surface area (Å²) in [5, 5.41) is 40.0. The van der Waals surface area contributed by atoms with Gasteiger partial charge < -0.3 is 29.9 Å². The van der Waals surface area contributed by atoms with Crippen LogP contribution in [0.2, 0.25) is 0 Å². The Bertz CT molecular complexity index is 734. The molecule has 6 atom stereocenters. The number of phenolic OH excluding ortho intramolecular Hbond substituents is 1. The van der Waals surface area contributed by atoms with Gasteiger partial charge in [0.1, 0.15) is 0 Å². The van der Waals surface area contributed by atoms with E-state index in [2.05, 4.69) is 41.5 Å². The number of aromatic hydroxyl groups is 1. The smallest absolute Gasteiger partial charge is 0.231 e. The third kappa shape index (κ3) is 6.87. The first-order valence-corrected chi connectivity index (χ1v) is 13.1. The first-order valence-electron chi connectivity index (χ1n) is 13.1. The fourth-order valence-electron chi connectivity index (χ4n) is 5.32. The van der Waals surface area contributed by atoms with Crippen molar-refractivity contribution >= 4 is 0 Å². The molecule has 2 aliphatic rings. The third-order valence-corrected chi connectivity index (χ3v) is 6.62. The van der Waals surface area contributed by atoms with E-state index in [4.69, 9.17) is 9.47 Å². The van der Waals surface area contributed by atoms with E-state index in [0.717, 1.165) is 36.3 Å². The molecular formula is C28H50O6. The van der Waals surface area contributed by atoms with Crippen molar-refractivity contribution in [1.29, 1.82) is 0 Å². The molecule has 0 fully saturated rings. The van der Waals surface area contributed by atoms with Crippen molar-refractivity contribution < 1.29 is 29.9 Å². The van der Waals surface area contributed by atoms with Crippen LogP contribution in [0.3, 0.4) is 0 Å². The van der Waals surface area contributed by atoms with Crippen LogP contribution in [0.4, 0.5) is 0 Å². The van der Waals surface area contributed by atoms with Crippen LogP contribution in [-0.4, -0.2) is 45.7 Å². The molecule has 0 saturated heterocycles. The van der Waals surface area contributed by atoms with E-state index in [0.29, 0.717) is 17.8 Å². The lowest BCUT2D eigenvalue weighted by Gasteiger charge is -2.43. The summed E-state index contributed by atoms with van der Waals surface area (Å²) in [5.74, 6) is 2.78. The highest BCUT2D eigenvalue weighted by atomic mass is 16.7. The number of aliphatic hydroxyl groups is 3. The lowest BCUT2D eigenvalue weighted by Crippen LogP contribution is -2.43. The molecule has 3 rings (SSSR count). The third-order valence-electron chi connectivity index (χ3n) is 6.62. The molecule has 4 N–H and O–H groups in total. The molecule has 6 nitrogen and oxygen atoms in total. The van der Waals surface area contributed by atoms with E-state index in [1.807, 2.05) is 20.8 Å².